The van der Waals surface area contributed by atoms with Crippen LogP contribution in [0.2, 0.25) is 0 Å². The Morgan fingerprint density at radius 3 is 1.98 bits per heavy atom. The van der Waals surface area contributed by atoms with E-state index in [0.717, 1.165) is 24.3 Å². The number of hydrogen-bond acceptors (Lipinski definition) is 4. The first kappa shape index (κ1) is 29.4. The molecule has 1 fully saturated rings. The number of nitrogens with one attached hydrogen (secondary N) is 1. The second-order valence-electron chi connectivity index (χ2n) is 10.7. The van der Waals surface area contributed by atoms with Gasteiger partial charge >= 0.3 is 12.4 Å². The van der Waals surface area contributed by atoms with Crippen molar-refractivity contribution in [1.82, 2.24) is 14.8 Å². The molecule has 1 aromatic heterocycles. The quantitative estimate of drug-likeness (QED) is 0.260. The van der Waals surface area contributed by atoms with E-state index in [1.54, 1.807) is 24.3 Å². The fourth-order valence-electron chi connectivity index (χ4n) is 5.50. The van der Waals surface area contributed by atoms with Gasteiger partial charge in [-0.3, -0.25) is 19.5 Å². The minimum atomic E-state index is -4.52. The van der Waals surface area contributed by atoms with Gasteiger partial charge in [0.15, 0.2) is 0 Å². The van der Waals surface area contributed by atoms with Crippen LogP contribution >= 0.6 is 0 Å². The maximum absolute atomic E-state index is 13.6. The normalized spacial score (nSPS) is 17.5. The van der Waals surface area contributed by atoms with Crippen LogP contribution in [0.25, 0.3) is 22.3 Å². The third-order valence-electron chi connectivity index (χ3n) is 7.79. The Morgan fingerprint density at radius 2 is 1.36 bits per heavy atom. The van der Waals surface area contributed by atoms with Gasteiger partial charge in [-0.25, -0.2) is 0 Å². The Morgan fingerprint density at radius 1 is 0.750 bits per heavy atom. The Labute approximate surface area is 247 Å². The molecule has 0 aliphatic carbocycles. The zero-order valence-electron chi connectivity index (χ0n) is 22.9. The highest BCUT2D eigenvalue weighted by Crippen LogP contribution is 2.35. The Kier molecular flexibility index (Phi) is 7.40. The molecule has 12 heteroatoms. The summed E-state index contributed by atoms with van der Waals surface area (Å²) in [6.07, 6.45) is -7.47. The van der Waals surface area contributed by atoms with Crippen LogP contribution in [0.3, 0.4) is 0 Å². The zero-order valence-corrected chi connectivity index (χ0v) is 22.9. The highest BCUT2D eigenvalue weighted by Gasteiger charge is 2.39. The van der Waals surface area contributed by atoms with E-state index in [1.807, 2.05) is 4.90 Å². The number of halogens is 6. The molecule has 3 heterocycles. The average Bonchev–Trinajstić information content (AvgIpc) is 3.10. The van der Waals surface area contributed by atoms with Crippen molar-refractivity contribution < 1.29 is 35.9 Å². The smallest absolute Gasteiger partial charge is 0.324 e. The lowest BCUT2D eigenvalue weighted by molar-refractivity contribution is -0.138. The van der Waals surface area contributed by atoms with E-state index >= 15 is 0 Å². The number of aromatic nitrogens is 1. The minimum absolute atomic E-state index is 0.191. The molecule has 0 spiro atoms. The van der Waals surface area contributed by atoms with Gasteiger partial charge in [0, 0.05) is 37.9 Å². The topological polar surface area (TPSA) is 65.5 Å². The van der Waals surface area contributed by atoms with E-state index in [9.17, 15) is 35.9 Å². The maximum atomic E-state index is 13.6. The first-order valence-corrected chi connectivity index (χ1v) is 13.7. The molecule has 4 aromatic rings. The van der Waals surface area contributed by atoms with E-state index in [2.05, 4.69) is 10.3 Å². The number of nitrogens with zero attached hydrogens (tertiary/aromatic N) is 3. The molecule has 2 aliphatic heterocycles. The van der Waals surface area contributed by atoms with Crippen molar-refractivity contribution in [2.24, 2.45) is 0 Å². The van der Waals surface area contributed by atoms with Crippen LogP contribution < -0.4 is 5.32 Å². The molecule has 0 bridgehead atoms. The van der Waals surface area contributed by atoms with Gasteiger partial charge in [0.25, 0.3) is 5.91 Å². The summed E-state index contributed by atoms with van der Waals surface area (Å²) >= 11 is 0. The summed E-state index contributed by atoms with van der Waals surface area (Å²) < 4.78 is 79.1. The lowest BCUT2D eigenvalue weighted by Crippen LogP contribution is -2.58. The summed E-state index contributed by atoms with van der Waals surface area (Å²) in [7, 11) is 0. The largest absolute Gasteiger partial charge is 0.416 e. The van der Waals surface area contributed by atoms with Gasteiger partial charge in [-0.1, -0.05) is 36.4 Å². The van der Waals surface area contributed by atoms with Crippen LogP contribution in [0.4, 0.5) is 32.0 Å². The van der Waals surface area contributed by atoms with Gasteiger partial charge in [-0.05, 0) is 59.2 Å². The number of pyridine rings is 1. The first-order chi connectivity index (χ1) is 20.9. The predicted octanol–water partition coefficient (Wildman–Crippen LogP) is 6.73. The number of hydrogen-bond donors (Lipinski definition) is 1. The summed E-state index contributed by atoms with van der Waals surface area (Å²) in [4.78, 5) is 34.7. The second kappa shape index (κ2) is 11.1. The van der Waals surface area contributed by atoms with E-state index in [4.69, 9.17) is 0 Å². The van der Waals surface area contributed by atoms with Crippen LogP contribution in [0.15, 0.2) is 85.1 Å². The van der Waals surface area contributed by atoms with Crippen molar-refractivity contribution in [3.8, 4) is 22.3 Å². The number of alkyl halides is 6. The van der Waals surface area contributed by atoms with Crippen molar-refractivity contribution in [3.05, 3.63) is 107 Å². The average molecular weight is 611 g/mol. The molecule has 2 aliphatic rings. The highest BCUT2D eigenvalue weighted by atomic mass is 19.4. The number of amides is 2. The number of fused-ring (bicyclic) bond motifs is 2. The van der Waals surface area contributed by atoms with Gasteiger partial charge in [-0.2, -0.15) is 26.3 Å². The van der Waals surface area contributed by atoms with Gasteiger partial charge in [0.1, 0.15) is 6.04 Å². The molecular formula is C32H24F6N4O2. The van der Waals surface area contributed by atoms with E-state index < -0.39 is 35.4 Å². The predicted molar refractivity (Wildman–Crippen MR) is 150 cm³/mol. The van der Waals surface area contributed by atoms with Crippen molar-refractivity contribution in [3.63, 3.8) is 0 Å². The van der Waals surface area contributed by atoms with Crippen LogP contribution in [-0.2, 0) is 23.7 Å². The Hall–Kier alpha value is -4.71. The van der Waals surface area contributed by atoms with Crippen molar-refractivity contribution in [2.45, 2.75) is 24.9 Å². The molecule has 226 valence electrons. The van der Waals surface area contributed by atoms with Gasteiger partial charge in [0.05, 0.1) is 28.1 Å². The number of carbonyl (C=O) groups is 2. The molecule has 0 saturated carbocycles. The Balaban J connectivity index is 1.17. The molecule has 1 N–H and O–H groups in total. The SMILES string of the molecule is O=C1Nc2ccc(-c3cccc(C(F)(F)F)c3)cc2C(=O)N2CCN(Cc3ccc(-c4cccc(C(F)(F)F)c4)cn3)CC12. The summed E-state index contributed by atoms with van der Waals surface area (Å²) in [6, 6.07) is 17.0. The van der Waals surface area contributed by atoms with E-state index in [0.29, 0.717) is 41.0 Å². The summed E-state index contributed by atoms with van der Waals surface area (Å²) in [6.45, 7) is 1.21. The summed E-state index contributed by atoms with van der Waals surface area (Å²) in [5.41, 5.74) is 1.18. The van der Waals surface area contributed by atoms with E-state index in [-0.39, 0.29) is 30.2 Å². The van der Waals surface area contributed by atoms with E-state index in [1.165, 1.54) is 41.4 Å². The van der Waals surface area contributed by atoms with Gasteiger partial charge in [0.2, 0.25) is 5.91 Å². The fraction of sp³-hybridized carbons (Fsp3) is 0.219. The molecule has 1 saturated heterocycles. The number of rotatable bonds is 4. The molecule has 6 nitrogen and oxygen atoms in total. The molecule has 1 atom stereocenters. The van der Waals surface area contributed by atoms with Crippen LogP contribution in [-0.4, -0.2) is 52.3 Å². The Bertz CT molecular complexity index is 1740. The molecule has 0 radical (unpaired) electrons. The first-order valence-electron chi connectivity index (χ1n) is 13.7. The highest BCUT2D eigenvalue weighted by molar-refractivity contribution is 6.10. The zero-order chi connectivity index (χ0) is 31.2. The number of piperazine rings is 1. The van der Waals surface area contributed by atoms with Crippen molar-refractivity contribution in [1.29, 1.82) is 0 Å². The van der Waals surface area contributed by atoms with Crippen LogP contribution in [0, 0.1) is 0 Å². The maximum Gasteiger partial charge on any atom is 0.416 e. The standard InChI is InChI=1S/C32H24F6N4O2/c33-31(34,35)23-5-1-3-19(13-23)21-8-10-27-26(15-21)30(44)42-12-11-41(18-28(42)29(43)40-27)17-25-9-7-22(16-39-25)20-4-2-6-24(14-20)32(36,37)38/h1-10,13-16,28H,11-12,17-18H2,(H,40,43). The van der Waals surface area contributed by atoms with Crippen LogP contribution in [0.1, 0.15) is 27.2 Å². The second-order valence-corrected chi connectivity index (χ2v) is 10.7. The van der Waals surface area contributed by atoms with Crippen molar-refractivity contribution in [2.75, 3.05) is 25.0 Å². The lowest BCUT2D eigenvalue weighted by atomic mass is 9.99. The van der Waals surface area contributed by atoms with Gasteiger partial charge < -0.3 is 10.2 Å². The monoisotopic (exact) mass is 610 g/mol. The molecule has 2 amide bonds. The molecule has 44 heavy (non-hydrogen) atoms. The summed E-state index contributed by atoms with van der Waals surface area (Å²) in [5.74, 6) is -0.790. The third kappa shape index (κ3) is 5.89. The third-order valence-corrected chi connectivity index (χ3v) is 7.79. The van der Waals surface area contributed by atoms with Crippen molar-refractivity contribution >= 4 is 17.5 Å². The molecule has 3 aromatic carbocycles. The van der Waals surface area contributed by atoms with Crippen LogP contribution in [0.5, 0.6) is 0 Å². The number of anilines is 1. The molecule has 1 unspecified atom stereocenters. The number of benzene rings is 3. The minimum Gasteiger partial charge on any atom is -0.324 e. The summed E-state index contributed by atoms with van der Waals surface area (Å²) in [5, 5.41) is 2.79. The molecular weight excluding hydrogens is 586 g/mol. The number of carbonyl (C=O) groups excluding carboxylic acids is 2. The molecule has 6 rings (SSSR count). The fourth-order valence-corrected chi connectivity index (χ4v) is 5.50. The van der Waals surface area contributed by atoms with Gasteiger partial charge in [-0.15, -0.1) is 0 Å². The lowest BCUT2D eigenvalue weighted by Gasteiger charge is -2.39.